The van der Waals surface area contributed by atoms with E-state index in [0.717, 1.165) is 0 Å². The number of carboxylic acid groups (broad SMARTS) is 1. The van der Waals surface area contributed by atoms with E-state index < -0.39 is 16.9 Å². The van der Waals surface area contributed by atoms with Crippen molar-refractivity contribution in [2.24, 2.45) is 0 Å². The van der Waals surface area contributed by atoms with Crippen molar-refractivity contribution in [1.82, 2.24) is 10.3 Å². The molecule has 3 N–H and O–H groups in total. The van der Waals surface area contributed by atoms with E-state index in [1.165, 1.54) is 6.07 Å². The monoisotopic (exact) mass is 263 g/mol. The Morgan fingerprint density at radius 2 is 2.32 bits per heavy atom. The number of hydrogen-bond donors (Lipinski definition) is 3. The lowest BCUT2D eigenvalue weighted by Crippen LogP contribution is -2.35. The van der Waals surface area contributed by atoms with Crippen LogP contribution in [0.3, 0.4) is 0 Å². The number of nitro groups is 1. The molecular weight excluding hydrogens is 250 g/mol. The number of rotatable bonds is 5. The molecular formula is C12H13N3O4. The molecule has 1 heterocycles. The minimum Gasteiger partial charge on any atom is -0.480 e. The topological polar surface area (TPSA) is 108 Å². The Labute approximate surface area is 108 Å². The first kappa shape index (κ1) is 13.0. The van der Waals surface area contributed by atoms with Gasteiger partial charge in [0.2, 0.25) is 0 Å². The summed E-state index contributed by atoms with van der Waals surface area (Å²) in [6.07, 6.45) is 1.79. The minimum absolute atomic E-state index is 0.0195. The number of nitrogens with zero attached hydrogens (tertiary/aromatic N) is 1. The second-order valence-corrected chi connectivity index (χ2v) is 4.15. The zero-order chi connectivity index (χ0) is 14.0. The maximum absolute atomic E-state index is 11.0. The van der Waals surface area contributed by atoms with Gasteiger partial charge in [0.15, 0.2) is 0 Å². The van der Waals surface area contributed by atoms with Crippen molar-refractivity contribution in [3.63, 3.8) is 0 Å². The zero-order valence-corrected chi connectivity index (χ0v) is 10.2. The highest BCUT2D eigenvalue weighted by Gasteiger charge is 2.21. The number of nitrogens with one attached hydrogen (secondary N) is 2. The highest BCUT2D eigenvalue weighted by Crippen LogP contribution is 2.29. The first-order chi connectivity index (χ1) is 9.04. The Morgan fingerprint density at radius 1 is 1.58 bits per heavy atom. The van der Waals surface area contributed by atoms with Gasteiger partial charge in [-0.05, 0) is 18.7 Å². The van der Waals surface area contributed by atoms with E-state index in [2.05, 4.69) is 10.3 Å². The second kappa shape index (κ2) is 5.07. The summed E-state index contributed by atoms with van der Waals surface area (Å²) in [5.74, 6) is -0.990. The predicted molar refractivity (Wildman–Crippen MR) is 69.1 cm³/mol. The maximum atomic E-state index is 11.0. The SMILES string of the molecule is CNC(Cc1c[nH]c2cccc([N+](=O)[O-])c12)C(=O)O. The highest BCUT2D eigenvalue weighted by atomic mass is 16.6. The van der Waals surface area contributed by atoms with Crippen LogP contribution in [-0.2, 0) is 11.2 Å². The molecule has 0 aliphatic carbocycles. The van der Waals surface area contributed by atoms with E-state index in [1.807, 2.05) is 0 Å². The summed E-state index contributed by atoms with van der Waals surface area (Å²) in [6.45, 7) is 0. The smallest absolute Gasteiger partial charge is 0.321 e. The van der Waals surface area contributed by atoms with Crippen molar-refractivity contribution >= 4 is 22.6 Å². The number of likely N-dealkylation sites (N-methyl/N-ethyl adjacent to an activating group) is 1. The van der Waals surface area contributed by atoms with Crippen LogP contribution >= 0.6 is 0 Å². The van der Waals surface area contributed by atoms with E-state index in [4.69, 9.17) is 5.11 Å². The molecule has 1 aromatic carbocycles. The first-order valence-corrected chi connectivity index (χ1v) is 5.68. The van der Waals surface area contributed by atoms with E-state index in [9.17, 15) is 14.9 Å². The fourth-order valence-corrected chi connectivity index (χ4v) is 2.08. The van der Waals surface area contributed by atoms with Crippen LogP contribution in [0.1, 0.15) is 5.56 Å². The molecule has 100 valence electrons. The van der Waals surface area contributed by atoms with Crippen LogP contribution < -0.4 is 5.32 Å². The van der Waals surface area contributed by atoms with Gasteiger partial charge in [-0.25, -0.2) is 0 Å². The number of fused-ring (bicyclic) bond motifs is 1. The van der Waals surface area contributed by atoms with Gasteiger partial charge in [-0.3, -0.25) is 14.9 Å². The quantitative estimate of drug-likeness (QED) is 0.556. The van der Waals surface area contributed by atoms with Crippen molar-refractivity contribution < 1.29 is 14.8 Å². The number of carboxylic acids is 1. The molecule has 0 saturated carbocycles. The Morgan fingerprint density at radius 3 is 2.89 bits per heavy atom. The number of carbonyl (C=O) groups is 1. The molecule has 0 spiro atoms. The molecule has 1 atom stereocenters. The van der Waals surface area contributed by atoms with E-state index in [1.54, 1.807) is 25.4 Å². The fourth-order valence-electron chi connectivity index (χ4n) is 2.08. The summed E-state index contributed by atoms with van der Waals surface area (Å²) in [5.41, 5.74) is 1.22. The average Bonchev–Trinajstić information content (AvgIpc) is 2.78. The number of nitro benzene ring substituents is 1. The van der Waals surface area contributed by atoms with Gasteiger partial charge >= 0.3 is 5.97 Å². The van der Waals surface area contributed by atoms with Crippen LogP contribution in [0.5, 0.6) is 0 Å². The van der Waals surface area contributed by atoms with Crippen LogP contribution in [-0.4, -0.2) is 34.1 Å². The van der Waals surface area contributed by atoms with Gasteiger partial charge in [-0.15, -0.1) is 0 Å². The van der Waals surface area contributed by atoms with Gasteiger partial charge < -0.3 is 15.4 Å². The normalized spacial score (nSPS) is 12.5. The molecule has 19 heavy (non-hydrogen) atoms. The molecule has 1 unspecified atom stereocenters. The number of non-ortho nitro benzene ring substituents is 1. The predicted octanol–water partition coefficient (Wildman–Crippen LogP) is 1.29. The molecule has 7 nitrogen and oxygen atoms in total. The molecule has 2 rings (SSSR count). The number of aromatic amines is 1. The third-order valence-electron chi connectivity index (χ3n) is 3.03. The van der Waals surface area contributed by atoms with Crippen molar-refractivity contribution in [2.75, 3.05) is 7.05 Å². The van der Waals surface area contributed by atoms with Crippen molar-refractivity contribution in [2.45, 2.75) is 12.5 Å². The summed E-state index contributed by atoms with van der Waals surface area (Å²) in [7, 11) is 1.54. The average molecular weight is 263 g/mol. The second-order valence-electron chi connectivity index (χ2n) is 4.15. The molecule has 0 amide bonds. The Kier molecular flexibility index (Phi) is 3.48. The number of aliphatic carboxylic acids is 1. The standard InChI is InChI=1S/C12H13N3O4/c1-13-9(12(16)17)5-7-6-14-8-3-2-4-10(11(7)8)15(18)19/h2-4,6,9,13-14H,5H2,1H3,(H,16,17). The Hall–Kier alpha value is -2.41. The Balaban J connectivity index is 2.49. The Bertz CT molecular complexity index is 635. The van der Waals surface area contributed by atoms with Gasteiger partial charge in [0.1, 0.15) is 6.04 Å². The summed E-state index contributed by atoms with van der Waals surface area (Å²) in [4.78, 5) is 24.5. The van der Waals surface area contributed by atoms with Crippen LogP contribution in [0, 0.1) is 10.1 Å². The summed E-state index contributed by atoms with van der Waals surface area (Å²) < 4.78 is 0. The van der Waals surface area contributed by atoms with Gasteiger partial charge in [0.05, 0.1) is 15.8 Å². The van der Waals surface area contributed by atoms with Gasteiger partial charge in [-0.1, -0.05) is 6.07 Å². The third-order valence-corrected chi connectivity index (χ3v) is 3.03. The number of hydrogen-bond acceptors (Lipinski definition) is 4. The molecule has 0 saturated heterocycles. The molecule has 0 aliphatic rings. The van der Waals surface area contributed by atoms with E-state index in [0.29, 0.717) is 16.5 Å². The van der Waals surface area contributed by atoms with Crippen molar-refractivity contribution in [3.05, 3.63) is 40.1 Å². The van der Waals surface area contributed by atoms with Crippen LogP contribution in [0.15, 0.2) is 24.4 Å². The summed E-state index contributed by atoms with van der Waals surface area (Å²) in [5, 5.41) is 23.2. The van der Waals surface area contributed by atoms with Gasteiger partial charge in [0.25, 0.3) is 5.69 Å². The maximum Gasteiger partial charge on any atom is 0.321 e. The van der Waals surface area contributed by atoms with E-state index >= 15 is 0 Å². The van der Waals surface area contributed by atoms with E-state index in [-0.39, 0.29) is 12.1 Å². The first-order valence-electron chi connectivity index (χ1n) is 5.68. The number of benzene rings is 1. The van der Waals surface area contributed by atoms with Gasteiger partial charge in [-0.2, -0.15) is 0 Å². The van der Waals surface area contributed by atoms with Crippen LogP contribution in [0.25, 0.3) is 10.9 Å². The summed E-state index contributed by atoms with van der Waals surface area (Å²) >= 11 is 0. The van der Waals surface area contributed by atoms with Crippen molar-refractivity contribution in [1.29, 1.82) is 0 Å². The molecule has 0 aliphatic heterocycles. The third kappa shape index (κ3) is 2.41. The van der Waals surface area contributed by atoms with Crippen LogP contribution in [0.2, 0.25) is 0 Å². The molecule has 1 aromatic heterocycles. The molecule has 0 radical (unpaired) electrons. The largest absolute Gasteiger partial charge is 0.480 e. The molecule has 0 fully saturated rings. The summed E-state index contributed by atoms with van der Waals surface area (Å²) in [6, 6.07) is 3.95. The highest BCUT2D eigenvalue weighted by molar-refractivity contribution is 5.92. The van der Waals surface area contributed by atoms with Gasteiger partial charge in [0, 0.05) is 18.7 Å². The number of H-pyrrole nitrogens is 1. The fraction of sp³-hybridized carbons (Fsp3) is 0.250. The van der Waals surface area contributed by atoms with Crippen LogP contribution in [0.4, 0.5) is 5.69 Å². The minimum atomic E-state index is -0.990. The lowest BCUT2D eigenvalue weighted by Gasteiger charge is -2.09. The molecule has 2 aromatic rings. The molecule has 0 bridgehead atoms. The lowest BCUT2D eigenvalue weighted by atomic mass is 10.0. The lowest BCUT2D eigenvalue weighted by molar-refractivity contribution is -0.383. The van der Waals surface area contributed by atoms with Crippen molar-refractivity contribution in [3.8, 4) is 0 Å². The molecule has 7 heteroatoms. The number of aromatic nitrogens is 1. The zero-order valence-electron chi connectivity index (χ0n) is 10.2.